The van der Waals surface area contributed by atoms with Crippen LogP contribution in [0.1, 0.15) is 37.3 Å². The van der Waals surface area contributed by atoms with Gasteiger partial charge in [0.2, 0.25) is 11.8 Å². The Morgan fingerprint density at radius 2 is 1.92 bits per heavy atom. The number of hydrogen-bond acceptors (Lipinski definition) is 6. The Labute approximate surface area is 224 Å². The van der Waals surface area contributed by atoms with Gasteiger partial charge in [-0.15, -0.1) is 0 Å². The lowest BCUT2D eigenvalue weighted by Gasteiger charge is -2.41. The van der Waals surface area contributed by atoms with Crippen LogP contribution in [0.4, 0.5) is 4.39 Å². The summed E-state index contributed by atoms with van der Waals surface area (Å²) in [7, 11) is 2.07. The predicted molar refractivity (Wildman–Crippen MR) is 145 cm³/mol. The van der Waals surface area contributed by atoms with E-state index in [1.54, 1.807) is 24.5 Å². The lowest BCUT2D eigenvalue weighted by atomic mass is 9.72. The smallest absolute Gasteiger partial charge is 0.231 e. The third-order valence-corrected chi connectivity index (χ3v) is 7.82. The highest BCUT2D eigenvalue weighted by atomic mass is 19.1. The van der Waals surface area contributed by atoms with Crippen molar-refractivity contribution in [3.8, 4) is 17.1 Å². The number of benzene rings is 1. The number of nitrogens with one attached hydrogen (secondary N) is 1. The summed E-state index contributed by atoms with van der Waals surface area (Å²) in [5.74, 6) is -0.153. The highest BCUT2D eigenvalue weighted by molar-refractivity contribution is 5.89. The maximum absolute atomic E-state index is 15.7. The molecule has 0 saturated carbocycles. The molecule has 5 rings (SSSR count). The van der Waals surface area contributed by atoms with Gasteiger partial charge in [-0.2, -0.15) is 0 Å². The van der Waals surface area contributed by atoms with Gasteiger partial charge < -0.3 is 15.0 Å². The number of carbonyl (C=O) groups excluding carboxylic acids is 1. The third-order valence-electron chi connectivity index (χ3n) is 7.82. The normalized spacial score (nSPS) is 19.8. The van der Waals surface area contributed by atoms with Crippen LogP contribution in [-0.2, 0) is 16.8 Å². The van der Waals surface area contributed by atoms with Crippen molar-refractivity contribution >= 4 is 5.91 Å². The van der Waals surface area contributed by atoms with Gasteiger partial charge in [0.25, 0.3) is 0 Å². The molecule has 1 N–H and O–H groups in total. The second kappa shape index (κ2) is 11.6. The van der Waals surface area contributed by atoms with Crippen LogP contribution in [0, 0.1) is 5.82 Å². The van der Waals surface area contributed by atoms with E-state index in [0.717, 1.165) is 39.1 Å². The first kappa shape index (κ1) is 26.3. The van der Waals surface area contributed by atoms with Crippen LogP contribution in [0.15, 0.2) is 60.9 Å². The van der Waals surface area contributed by atoms with E-state index in [9.17, 15) is 4.79 Å². The van der Waals surface area contributed by atoms with Crippen molar-refractivity contribution in [1.82, 2.24) is 25.1 Å². The van der Waals surface area contributed by atoms with Crippen molar-refractivity contribution in [2.45, 2.75) is 44.2 Å². The Balaban J connectivity index is 1.42. The first-order valence-corrected chi connectivity index (χ1v) is 13.5. The number of likely N-dealkylation sites (tertiary alicyclic amines) is 2. The van der Waals surface area contributed by atoms with Gasteiger partial charge in [-0.05, 0) is 82.2 Å². The zero-order chi connectivity index (χ0) is 26.5. The molecule has 1 atom stereocenters. The highest BCUT2D eigenvalue weighted by Crippen LogP contribution is 2.38. The molecule has 2 aliphatic heterocycles. The van der Waals surface area contributed by atoms with Crippen LogP contribution < -0.4 is 10.1 Å². The van der Waals surface area contributed by atoms with Crippen LogP contribution in [0.5, 0.6) is 5.88 Å². The molecule has 8 heteroatoms. The number of piperidine rings is 1. The van der Waals surface area contributed by atoms with E-state index in [4.69, 9.17) is 4.74 Å². The Kier molecular flexibility index (Phi) is 8.00. The first-order chi connectivity index (χ1) is 18.5. The van der Waals surface area contributed by atoms with Crippen LogP contribution in [0.3, 0.4) is 0 Å². The number of aromatic nitrogens is 2. The second-order valence-electron chi connectivity index (χ2n) is 10.4. The first-order valence-electron chi connectivity index (χ1n) is 13.5. The van der Waals surface area contributed by atoms with E-state index in [0.29, 0.717) is 36.5 Å². The second-order valence-corrected chi connectivity index (χ2v) is 10.4. The van der Waals surface area contributed by atoms with Gasteiger partial charge in [-0.1, -0.05) is 30.3 Å². The quantitative estimate of drug-likeness (QED) is 0.487. The molecule has 0 spiro atoms. The molecule has 0 radical (unpaired) electrons. The predicted octanol–water partition coefficient (Wildman–Crippen LogP) is 4.04. The lowest BCUT2D eigenvalue weighted by molar-refractivity contribution is -0.129. The molecule has 7 nitrogen and oxygen atoms in total. The summed E-state index contributed by atoms with van der Waals surface area (Å²) >= 11 is 0. The lowest BCUT2D eigenvalue weighted by Crippen LogP contribution is -2.54. The molecule has 0 aliphatic carbocycles. The summed E-state index contributed by atoms with van der Waals surface area (Å²) in [6.45, 7) is 6.39. The van der Waals surface area contributed by atoms with E-state index in [2.05, 4.69) is 44.3 Å². The fourth-order valence-electron chi connectivity index (χ4n) is 5.68. The van der Waals surface area contributed by atoms with Gasteiger partial charge >= 0.3 is 0 Å². The number of amides is 1. The zero-order valence-corrected chi connectivity index (χ0v) is 22.2. The summed E-state index contributed by atoms with van der Waals surface area (Å²) in [6, 6.07) is 15.5. The average Bonchev–Trinajstić information content (AvgIpc) is 3.34. The number of carbonyl (C=O) groups is 1. The minimum absolute atomic E-state index is 0.0255. The summed E-state index contributed by atoms with van der Waals surface area (Å²) in [4.78, 5) is 27.3. The molecule has 0 unspecified atom stereocenters. The van der Waals surface area contributed by atoms with E-state index in [1.807, 2.05) is 25.1 Å². The zero-order valence-electron chi connectivity index (χ0n) is 22.2. The fraction of sp³-hybridized carbons (Fsp3) is 0.433. The minimum atomic E-state index is -0.835. The van der Waals surface area contributed by atoms with Crippen molar-refractivity contribution in [2.75, 3.05) is 39.8 Å². The number of rotatable bonds is 8. The van der Waals surface area contributed by atoms with Crippen molar-refractivity contribution in [2.24, 2.45) is 0 Å². The Morgan fingerprint density at radius 1 is 1.13 bits per heavy atom. The van der Waals surface area contributed by atoms with Gasteiger partial charge in [-0.3, -0.25) is 14.7 Å². The topological polar surface area (TPSA) is 70.6 Å². The molecule has 2 aliphatic rings. The van der Waals surface area contributed by atoms with E-state index >= 15 is 4.39 Å². The van der Waals surface area contributed by atoms with Crippen molar-refractivity contribution < 1.29 is 13.9 Å². The van der Waals surface area contributed by atoms with Crippen molar-refractivity contribution in [3.63, 3.8) is 0 Å². The molecule has 2 saturated heterocycles. The Bertz CT molecular complexity index is 1250. The van der Waals surface area contributed by atoms with Crippen LogP contribution in [0.2, 0.25) is 0 Å². The van der Waals surface area contributed by atoms with Gasteiger partial charge in [0.15, 0.2) is 0 Å². The maximum atomic E-state index is 15.7. The van der Waals surface area contributed by atoms with E-state index in [1.165, 1.54) is 11.6 Å². The molecule has 1 amide bonds. The maximum Gasteiger partial charge on any atom is 0.231 e. The summed E-state index contributed by atoms with van der Waals surface area (Å²) in [5, 5.41) is 3.30. The standard InChI is InChI=1S/C30H36FN5O2/c1-3-38-28-25(10-7-14-32-28)27-26(31)18-23(19-33-27)30(29(37)34-24-11-15-35(2)21-24)12-16-36(17-13-30)20-22-8-5-4-6-9-22/h4-10,14,18-19,24H,3,11-13,15-17,20-21H2,1-2H3,(H,34,37)/t24-/m0/s1. The summed E-state index contributed by atoms with van der Waals surface area (Å²) in [6.07, 6.45) is 5.42. The third kappa shape index (κ3) is 5.56. The number of halogens is 1. The highest BCUT2D eigenvalue weighted by Gasteiger charge is 2.44. The van der Waals surface area contributed by atoms with Crippen molar-refractivity contribution in [3.05, 3.63) is 77.9 Å². The Morgan fingerprint density at radius 3 is 2.61 bits per heavy atom. The molecular weight excluding hydrogens is 481 g/mol. The fourth-order valence-corrected chi connectivity index (χ4v) is 5.68. The molecule has 38 heavy (non-hydrogen) atoms. The molecule has 1 aromatic carbocycles. The van der Waals surface area contributed by atoms with E-state index < -0.39 is 11.2 Å². The molecule has 4 heterocycles. The van der Waals surface area contributed by atoms with Gasteiger partial charge in [0, 0.05) is 31.5 Å². The molecule has 0 bridgehead atoms. The van der Waals surface area contributed by atoms with Crippen LogP contribution in [0.25, 0.3) is 11.3 Å². The van der Waals surface area contributed by atoms with Crippen molar-refractivity contribution in [1.29, 1.82) is 0 Å². The summed E-state index contributed by atoms with van der Waals surface area (Å²) in [5.41, 5.74) is 1.72. The molecule has 2 fully saturated rings. The van der Waals surface area contributed by atoms with Crippen LogP contribution in [-0.4, -0.2) is 71.6 Å². The van der Waals surface area contributed by atoms with Crippen LogP contribution >= 0.6 is 0 Å². The number of hydrogen-bond donors (Lipinski definition) is 1. The average molecular weight is 518 g/mol. The largest absolute Gasteiger partial charge is 0.477 e. The molecule has 3 aromatic rings. The molecule has 200 valence electrons. The number of nitrogens with zero attached hydrogens (tertiary/aromatic N) is 4. The number of ether oxygens (including phenoxy) is 1. The monoisotopic (exact) mass is 517 g/mol. The van der Waals surface area contributed by atoms with Gasteiger partial charge in [0.1, 0.15) is 11.5 Å². The van der Waals surface area contributed by atoms with Gasteiger partial charge in [0.05, 0.1) is 17.6 Å². The molecular formula is C30H36FN5O2. The number of pyridine rings is 2. The molecule has 2 aromatic heterocycles. The minimum Gasteiger partial charge on any atom is -0.477 e. The number of likely N-dealkylation sites (N-methyl/N-ethyl adjacent to an activating group) is 1. The summed E-state index contributed by atoms with van der Waals surface area (Å²) < 4.78 is 21.3. The SMILES string of the molecule is CCOc1ncccc1-c1ncc(C2(C(=O)N[C@H]3CCN(C)C3)CCN(Cc3ccccc3)CC2)cc1F. The van der Waals surface area contributed by atoms with Gasteiger partial charge in [-0.25, -0.2) is 9.37 Å². The van der Waals surface area contributed by atoms with E-state index in [-0.39, 0.29) is 17.6 Å². The Hall–Kier alpha value is -3.36.